The van der Waals surface area contributed by atoms with Gasteiger partial charge in [-0.25, -0.2) is 0 Å². The zero-order valence-corrected chi connectivity index (χ0v) is 10.9. The van der Waals surface area contributed by atoms with Gasteiger partial charge in [-0.2, -0.15) is 0 Å². The highest BCUT2D eigenvalue weighted by Gasteiger charge is 2.39. The van der Waals surface area contributed by atoms with Crippen LogP contribution in [0, 0.1) is 0 Å². The molecule has 2 N–H and O–H groups in total. The van der Waals surface area contributed by atoms with Crippen LogP contribution in [0.4, 0.5) is 0 Å². The lowest BCUT2D eigenvalue weighted by Gasteiger charge is -2.33. The molecule has 2 atom stereocenters. The number of benzene rings is 1. The summed E-state index contributed by atoms with van der Waals surface area (Å²) in [7, 11) is 0. The Bertz CT molecular complexity index is 458. The van der Waals surface area contributed by atoms with Gasteiger partial charge in [0, 0.05) is 17.5 Å². The smallest absolute Gasteiger partial charge is 0.160 e. The van der Waals surface area contributed by atoms with E-state index in [4.69, 9.17) is 0 Å². The lowest BCUT2D eigenvalue weighted by Crippen LogP contribution is -2.35. The lowest BCUT2D eigenvalue weighted by atomic mass is 9.79. The first-order chi connectivity index (χ1) is 8.72. The molecule has 0 bridgehead atoms. The van der Waals surface area contributed by atoms with Gasteiger partial charge in [0.2, 0.25) is 0 Å². The summed E-state index contributed by atoms with van der Waals surface area (Å²) in [6.07, 6.45) is 4.38. The summed E-state index contributed by atoms with van der Waals surface area (Å²) < 4.78 is 0. The van der Waals surface area contributed by atoms with Crippen LogP contribution in [0.25, 0.3) is 0 Å². The Labute approximate surface area is 108 Å². The Morgan fingerprint density at radius 3 is 2.89 bits per heavy atom. The predicted molar refractivity (Wildman–Crippen MR) is 71.1 cm³/mol. The first kappa shape index (κ1) is 11.8. The van der Waals surface area contributed by atoms with Crippen molar-refractivity contribution in [2.24, 2.45) is 0 Å². The van der Waals surface area contributed by atoms with Gasteiger partial charge in [0.05, 0.1) is 0 Å². The number of nitrogens with zero attached hydrogens (tertiary/aromatic N) is 1. The molecular formula is C15H21NO2. The third-order valence-electron chi connectivity index (χ3n) is 4.56. The Hall–Kier alpha value is -1.22. The standard InChI is InChI=1S/C15H21NO2/c1-2-8-16-9-7-11-10-4-6-14(17)15(18)12(10)3-5-13(11)16/h4,6,11,13,17-18H,2-3,5,7-9H2,1H3/t11-,13?/m0/s1. The average molecular weight is 247 g/mol. The van der Waals surface area contributed by atoms with Gasteiger partial charge in [-0.3, -0.25) is 4.90 Å². The minimum absolute atomic E-state index is 0.0237. The number of hydrogen-bond donors (Lipinski definition) is 2. The van der Waals surface area contributed by atoms with E-state index in [-0.39, 0.29) is 11.5 Å². The summed E-state index contributed by atoms with van der Waals surface area (Å²) in [6.45, 7) is 4.58. The van der Waals surface area contributed by atoms with Gasteiger partial charge in [0.25, 0.3) is 0 Å². The largest absolute Gasteiger partial charge is 0.504 e. The van der Waals surface area contributed by atoms with Gasteiger partial charge in [-0.05, 0) is 50.4 Å². The minimum atomic E-state index is 0.0237. The van der Waals surface area contributed by atoms with Crippen LogP contribution < -0.4 is 0 Å². The molecule has 1 aromatic carbocycles. The van der Waals surface area contributed by atoms with E-state index in [1.54, 1.807) is 6.07 Å². The maximum atomic E-state index is 9.97. The topological polar surface area (TPSA) is 43.7 Å². The minimum Gasteiger partial charge on any atom is -0.504 e. The van der Waals surface area contributed by atoms with Crippen molar-refractivity contribution in [3.05, 3.63) is 23.3 Å². The monoisotopic (exact) mass is 247 g/mol. The summed E-state index contributed by atoms with van der Waals surface area (Å²) in [6, 6.07) is 4.29. The van der Waals surface area contributed by atoms with Crippen LogP contribution in [0.2, 0.25) is 0 Å². The van der Waals surface area contributed by atoms with Gasteiger partial charge in [-0.1, -0.05) is 13.0 Å². The number of aromatic hydroxyl groups is 2. The second-order valence-electron chi connectivity index (χ2n) is 5.54. The number of fused-ring (bicyclic) bond motifs is 3. The molecule has 0 amide bonds. The van der Waals surface area contributed by atoms with Crippen LogP contribution in [-0.2, 0) is 6.42 Å². The Morgan fingerprint density at radius 2 is 2.11 bits per heavy atom. The average Bonchev–Trinajstić information content (AvgIpc) is 2.78. The van der Waals surface area contributed by atoms with Crippen molar-refractivity contribution in [2.45, 2.75) is 44.6 Å². The Morgan fingerprint density at radius 1 is 1.28 bits per heavy atom. The van der Waals surface area contributed by atoms with E-state index in [1.807, 2.05) is 6.07 Å². The normalized spacial score (nSPS) is 26.9. The van der Waals surface area contributed by atoms with Crippen molar-refractivity contribution in [2.75, 3.05) is 13.1 Å². The fourth-order valence-corrected chi connectivity index (χ4v) is 3.77. The Kier molecular flexibility index (Phi) is 2.94. The van der Waals surface area contributed by atoms with Crippen LogP contribution >= 0.6 is 0 Å². The fraction of sp³-hybridized carbons (Fsp3) is 0.600. The van der Waals surface area contributed by atoms with Crippen molar-refractivity contribution in [3.8, 4) is 11.5 Å². The third-order valence-corrected chi connectivity index (χ3v) is 4.56. The van der Waals surface area contributed by atoms with E-state index in [9.17, 15) is 10.2 Å². The molecule has 0 spiro atoms. The van der Waals surface area contributed by atoms with E-state index >= 15 is 0 Å². The zero-order chi connectivity index (χ0) is 12.7. The van der Waals surface area contributed by atoms with Crippen LogP contribution in [-0.4, -0.2) is 34.2 Å². The molecule has 0 radical (unpaired) electrons. The van der Waals surface area contributed by atoms with Crippen LogP contribution in [0.3, 0.4) is 0 Å². The fourth-order valence-electron chi connectivity index (χ4n) is 3.77. The van der Waals surface area contributed by atoms with Crippen LogP contribution in [0.5, 0.6) is 11.5 Å². The SMILES string of the molecule is CCCN1CC[C@H]2c3ccc(O)c(O)c3CCC21. The molecule has 3 heteroatoms. The summed E-state index contributed by atoms with van der Waals surface area (Å²) in [4.78, 5) is 2.59. The van der Waals surface area contributed by atoms with E-state index in [0.717, 1.165) is 18.4 Å². The molecule has 3 rings (SSSR count). The van der Waals surface area contributed by atoms with Crippen molar-refractivity contribution in [1.82, 2.24) is 4.90 Å². The van der Waals surface area contributed by atoms with Crippen molar-refractivity contribution in [1.29, 1.82) is 0 Å². The number of rotatable bonds is 2. The molecule has 0 saturated carbocycles. The number of likely N-dealkylation sites (tertiary alicyclic amines) is 1. The third kappa shape index (κ3) is 1.69. The zero-order valence-electron chi connectivity index (χ0n) is 10.9. The highest BCUT2D eigenvalue weighted by Crippen LogP contribution is 2.46. The maximum Gasteiger partial charge on any atom is 0.160 e. The number of hydrogen-bond acceptors (Lipinski definition) is 3. The second kappa shape index (κ2) is 4.47. The van der Waals surface area contributed by atoms with E-state index in [1.165, 1.54) is 31.5 Å². The molecule has 0 aromatic heterocycles. The maximum absolute atomic E-state index is 9.97. The van der Waals surface area contributed by atoms with Crippen molar-refractivity contribution < 1.29 is 10.2 Å². The summed E-state index contributed by atoms with van der Waals surface area (Å²) in [5.41, 5.74) is 2.25. The van der Waals surface area contributed by atoms with E-state index in [0.29, 0.717) is 12.0 Å². The quantitative estimate of drug-likeness (QED) is 0.790. The first-order valence-electron chi connectivity index (χ1n) is 7.00. The molecular weight excluding hydrogens is 226 g/mol. The van der Waals surface area contributed by atoms with Crippen LogP contribution in [0.15, 0.2) is 12.1 Å². The molecule has 3 nitrogen and oxygen atoms in total. The predicted octanol–water partition coefficient (Wildman–Crippen LogP) is 2.61. The Balaban J connectivity index is 1.94. The molecule has 98 valence electrons. The molecule has 1 unspecified atom stereocenters. The van der Waals surface area contributed by atoms with Gasteiger partial charge < -0.3 is 10.2 Å². The molecule has 1 heterocycles. The number of phenols is 2. The van der Waals surface area contributed by atoms with Gasteiger partial charge >= 0.3 is 0 Å². The summed E-state index contributed by atoms with van der Waals surface area (Å²) in [5, 5.41) is 19.6. The number of phenolic OH excluding ortho intramolecular Hbond substituents is 2. The summed E-state index contributed by atoms with van der Waals surface area (Å²) in [5.74, 6) is 0.683. The molecule has 2 aliphatic rings. The molecule has 1 fully saturated rings. The molecule has 1 aromatic rings. The van der Waals surface area contributed by atoms with E-state index in [2.05, 4.69) is 11.8 Å². The highest BCUT2D eigenvalue weighted by atomic mass is 16.3. The van der Waals surface area contributed by atoms with Crippen molar-refractivity contribution in [3.63, 3.8) is 0 Å². The summed E-state index contributed by atoms with van der Waals surface area (Å²) >= 11 is 0. The van der Waals surface area contributed by atoms with Crippen molar-refractivity contribution >= 4 is 0 Å². The molecule has 1 aliphatic carbocycles. The lowest BCUT2D eigenvalue weighted by molar-refractivity contribution is 0.226. The molecule has 1 aliphatic heterocycles. The molecule has 18 heavy (non-hydrogen) atoms. The van der Waals surface area contributed by atoms with E-state index < -0.39 is 0 Å². The molecule has 1 saturated heterocycles. The van der Waals surface area contributed by atoms with Gasteiger partial charge in [0.1, 0.15) is 0 Å². The van der Waals surface area contributed by atoms with Gasteiger partial charge in [-0.15, -0.1) is 0 Å². The van der Waals surface area contributed by atoms with Crippen LogP contribution in [0.1, 0.15) is 43.2 Å². The second-order valence-corrected chi connectivity index (χ2v) is 5.54. The van der Waals surface area contributed by atoms with Gasteiger partial charge in [0.15, 0.2) is 11.5 Å². The highest BCUT2D eigenvalue weighted by molar-refractivity contribution is 5.52. The first-order valence-corrected chi connectivity index (χ1v) is 7.00.